The first-order valence-electron chi connectivity index (χ1n) is 12.9. The highest BCUT2D eigenvalue weighted by Gasteiger charge is 2.29. The smallest absolute Gasteiger partial charge is 0.331 e. The van der Waals surface area contributed by atoms with Gasteiger partial charge in [-0.05, 0) is 58.4 Å². The molecule has 0 radical (unpaired) electrons. The SMILES string of the molecule is CC=C(C)CC(C)C(O)C(C)C(=O)C(C)C=C(C)C=CCC(C)C=C(C)C=CC1CC=CC(=O)O1. The summed E-state index contributed by atoms with van der Waals surface area (Å²) in [5, 5.41) is 10.7. The molecule has 0 saturated carbocycles. The van der Waals surface area contributed by atoms with Crippen molar-refractivity contribution in [2.45, 2.75) is 86.9 Å². The van der Waals surface area contributed by atoms with Crippen molar-refractivity contribution < 1.29 is 19.4 Å². The molecule has 35 heavy (non-hydrogen) atoms. The van der Waals surface area contributed by atoms with Gasteiger partial charge < -0.3 is 9.84 Å². The van der Waals surface area contributed by atoms with Gasteiger partial charge in [0.05, 0.1) is 6.10 Å². The van der Waals surface area contributed by atoms with Gasteiger partial charge in [0, 0.05) is 24.3 Å². The highest BCUT2D eigenvalue weighted by molar-refractivity contribution is 5.85. The first kappa shape index (κ1) is 30.6. The molecule has 4 heteroatoms. The number of carbonyl (C=O) groups excluding carboxylic acids is 2. The Hall–Kier alpha value is -2.46. The third kappa shape index (κ3) is 11.7. The van der Waals surface area contributed by atoms with Crippen molar-refractivity contribution in [3.63, 3.8) is 0 Å². The topological polar surface area (TPSA) is 63.6 Å². The summed E-state index contributed by atoms with van der Waals surface area (Å²) in [7, 11) is 0. The molecule has 194 valence electrons. The van der Waals surface area contributed by atoms with E-state index in [2.05, 4.69) is 38.2 Å². The summed E-state index contributed by atoms with van der Waals surface area (Å²) in [4.78, 5) is 24.2. The van der Waals surface area contributed by atoms with Crippen LogP contribution in [0, 0.1) is 23.7 Å². The van der Waals surface area contributed by atoms with Gasteiger partial charge in [-0.3, -0.25) is 4.79 Å². The van der Waals surface area contributed by atoms with E-state index in [0.29, 0.717) is 12.3 Å². The van der Waals surface area contributed by atoms with Gasteiger partial charge in [-0.1, -0.05) is 86.9 Å². The first-order valence-corrected chi connectivity index (χ1v) is 12.9. The summed E-state index contributed by atoms with van der Waals surface area (Å²) in [5.74, 6) is -0.448. The van der Waals surface area contributed by atoms with E-state index < -0.39 is 12.0 Å². The Balaban J connectivity index is 2.59. The van der Waals surface area contributed by atoms with Crippen LogP contribution in [0.3, 0.4) is 0 Å². The van der Waals surface area contributed by atoms with Crippen LogP contribution in [0.15, 0.2) is 71.4 Å². The van der Waals surface area contributed by atoms with Crippen LogP contribution in [-0.2, 0) is 14.3 Å². The molecule has 1 rings (SSSR count). The largest absolute Gasteiger partial charge is 0.455 e. The number of rotatable bonds is 13. The van der Waals surface area contributed by atoms with E-state index in [1.165, 1.54) is 11.6 Å². The van der Waals surface area contributed by atoms with Gasteiger partial charge in [0.1, 0.15) is 11.9 Å². The Kier molecular flexibility index (Phi) is 13.6. The van der Waals surface area contributed by atoms with E-state index in [0.717, 1.165) is 24.0 Å². The Morgan fingerprint density at radius 1 is 1.11 bits per heavy atom. The van der Waals surface area contributed by atoms with E-state index in [1.807, 2.05) is 65.8 Å². The van der Waals surface area contributed by atoms with E-state index in [4.69, 9.17) is 4.74 Å². The van der Waals surface area contributed by atoms with Gasteiger partial charge in [0.25, 0.3) is 0 Å². The number of hydrogen-bond donors (Lipinski definition) is 1. The molecule has 0 aliphatic carbocycles. The monoisotopic (exact) mass is 482 g/mol. The quantitative estimate of drug-likeness (QED) is 0.173. The second-order valence-electron chi connectivity index (χ2n) is 10.2. The zero-order valence-corrected chi connectivity index (χ0v) is 23.0. The fraction of sp³-hybridized carbons (Fsp3) is 0.548. The number of cyclic esters (lactones) is 1. The number of carbonyl (C=O) groups is 2. The third-order valence-electron chi connectivity index (χ3n) is 6.54. The Morgan fingerprint density at radius 3 is 2.40 bits per heavy atom. The fourth-order valence-corrected chi connectivity index (χ4v) is 4.31. The van der Waals surface area contributed by atoms with Gasteiger partial charge in [-0.15, -0.1) is 0 Å². The molecule has 1 N–H and O–H groups in total. The molecule has 1 aliphatic heterocycles. The fourth-order valence-electron chi connectivity index (χ4n) is 4.31. The lowest BCUT2D eigenvalue weighted by Crippen LogP contribution is -2.34. The number of esters is 1. The second-order valence-corrected chi connectivity index (χ2v) is 10.2. The summed E-state index contributed by atoms with van der Waals surface area (Å²) in [5.41, 5.74) is 3.41. The van der Waals surface area contributed by atoms with Crippen LogP contribution in [0.2, 0.25) is 0 Å². The van der Waals surface area contributed by atoms with Crippen LogP contribution < -0.4 is 0 Å². The second kappa shape index (κ2) is 15.5. The number of aliphatic hydroxyl groups is 1. The maximum Gasteiger partial charge on any atom is 0.331 e. The zero-order chi connectivity index (χ0) is 26.5. The predicted octanol–water partition coefficient (Wildman–Crippen LogP) is 7.08. The molecule has 0 saturated heterocycles. The van der Waals surface area contributed by atoms with E-state index in [1.54, 1.807) is 0 Å². The average Bonchev–Trinajstić information content (AvgIpc) is 2.81. The molecule has 1 aliphatic rings. The number of allylic oxidation sites excluding steroid dienone is 9. The lowest BCUT2D eigenvalue weighted by atomic mass is 9.83. The summed E-state index contributed by atoms with van der Waals surface area (Å²) in [6.07, 6.45) is 19.2. The lowest BCUT2D eigenvalue weighted by Gasteiger charge is -2.25. The zero-order valence-electron chi connectivity index (χ0n) is 23.0. The number of ketones is 1. The van der Waals surface area contributed by atoms with Crippen LogP contribution in [0.1, 0.15) is 74.7 Å². The number of Topliss-reactive ketones (excluding diaryl/α,β-unsaturated/α-hetero) is 1. The van der Waals surface area contributed by atoms with Crippen molar-refractivity contribution in [1.82, 2.24) is 0 Å². The molecule has 0 aromatic rings. The average molecular weight is 483 g/mol. The normalized spacial score (nSPS) is 22.3. The van der Waals surface area contributed by atoms with Crippen molar-refractivity contribution in [2.24, 2.45) is 23.7 Å². The summed E-state index contributed by atoms with van der Waals surface area (Å²) in [6, 6.07) is 0. The van der Waals surface area contributed by atoms with Gasteiger partial charge in [-0.25, -0.2) is 4.79 Å². The highest BCUT2D eigenvalue weighted by Crippen LogP contribution is 2.24. The Bertz CT molecular complexity index is 884. The predicted molar refractivity (Wildman–Crippen MR) is 146 cm³/mol. The minimum atomic E-state index is -0.643. The maximum atomic E-state index is 12.9. The molecule has 1 heterocycles. The molecule has 0 amide bonds. The van der Waals surface area contributed by atoms with Crippen LogP contribution in [0.4, 0.5) is 0 Å². The number of aliphatic hydroxyl groups excluding tert-OH is 1. The molecular formula is C31H46O4. The van der Waals surface area contributed by atoms with E-state index in [-0.39, 0.29) is 29.7 Å². The van der Waals surface area contributed by atoms with E-state index >= 15 is 0 Å². The molecule has 0 bridgehead atoms. The molecule has 6 atom stereocenters. The van der Waals surface area contributed by atoms with Crippen molar-refractivity contribution in [3.8, 4) is 0 Å². The first-order chi connectivity index (χ1) is 16.4. The molecular weight excluding hydrogens is 436 g/mol. The van der Waals surface area contributed by atoms with Crippen LogP contribution in [0.25, 0.3) is 0 Å². The van der Waals surface area contributed by atoms with Crippen LogP contribution >= 0.6 is 0 Å². The summed E-state index contributed by atoms with van der Waals surface area (Å²) >= 11 is 0. The van der Waals surface area contributed by atoms with Crippen molar-refractivity contribution >= 4 is 11.8 Å². The van der Waals surface area contributed by atoms with Gasteiger partial charge in [0.2, 0.25) is 0 Å². The molecule has 0 aromatic heterocycles. The maximum absolute atomic E-state index is 12.9. The minimum absolute atomic E-state index is 0.0460. The lowest BCUT2D eigenvalue weighted by molar-refractivity contribution is -0.141. The van der Waals surface area contributed by atoms with Crippen molar-refractivity contribution in [2.75, 3.05) is 0 Å². The Morgan fingerprint density at radius 2 is 1.77 bits per heavy atom. The molecule has 0 fully saturated rings. The molecule has 0 spiro atoms. The van der Waals surface area contributed by atoms with Crippen LogP contribution in [-0.4, -0.2) is 29.1 Å². The summed E-state index contributed by atoms with van der Waals surface area (Å²) in [6.45, 7) is 16.0. The van der Waals surface area contributed by atoms with Crippen molar-refractivity contribution in [1.29, 1.82) is 0 Å². The van der Waals surface area contributed by atoms with Crippen molar-refractivity contribution in [3.05, 3.63) is 71.4 Å². The Labute approximate surface area is 213 Å². The van der Waals surface area contributed by atoms with Gasteiger partial charge in [0.15, 0.2) is 0 Å². The van der Waals surface area contributed by atoms with E-state index in [9.17, 15) is 14.7 Å². The van der Waals surface area contributed by atoms with Gasteiger partial charge >= 0.3 is 5.97 Å². The molecule has 4 nitrogen and oxygen atoms in total. The number of hydrogen-bond acceptors (Lipinski definition) is 4. The molecule has 6 unspecified atom stereocenters. The third-order valence-corrected chi connectivity index (χ3v) is 6.54. The molecule has 0 aromatic carbocycles. The van der Waals surface area contributed by atoms with Crippen LogP contribution in [0.5, 0.6) is 0 Å². The van der Waals surface area contributed by atoms with Gasteiger partial charge in [-0.2, -0.15) is 0 Å². The number of ether oxygens (including phenoxy) is 1. The highest BCUT2D eigenvalue weighted by atomic mass is 16.5. The summed E-state index contributed by atoms with van der Waals surface area (Å²) < 4.78 is 5.24. The standard InChI is InChI=1S/C31H46O4/c1-9-21(2)19-25(6)30(33)27(8)31(34)26(7)20-23(4)13-10-12-22(3)18-24(5)16-17-28-14-11-15-29(32)35-28/h9-11,13,15-18,20,22,25-28,30,33H,12,14,19H2,1-8H3. The minimum Gasteiger partial charge on any atom is -0.455 e.